The van der Waals surface area contributed by atoms with Gasteiger partial charge in [-0.25, -0.2) is 0 Å². The van der Waals surface area contributed by atoms with Gasteiger partial charge in [0.15, 0.2) is 0 Å². The molecule has 0 bridgehead atoms. The molecule has 17 heavy (non-hydrogen) atoms. The molecule has 0 aromatic heterocycles. The average molecular weight is 236 g/mol. The van der Waals surface area contributed by atoms with Gasteiger partial charge in [0.1, 0.15) is 0 Å². The van der Waals surface area contributed by atoms with E-state index in [0.717, 1.165) is 19.4 Å². The van der Waals surface area contributed by atoms with Crippen LogP contribution in [0.5, 0.6) is 0 Å². The topological polar surface area (TPSA) is 36.1 Å². The van der Waals surface area contributed by atoms with Crippen molar-refractivity contribution < 1.29 is 0 Å². The molecule has 2 heteroatoms. The number of aliphatic imine (C=N–C) groups is 1. The van der Waals surface area contributed by atoms with Crippen molar-refractivity contribution in [1.29, 1.82) is 5.26 Å². The lowest BCUT2D eigenvalue weighted by Gasteiger charge is -1.99. The van der Waals surface area contributed by atoms with Gasteiger partial charge in [-0.2, -0.15) is 5.26 Å². The number of hydrogen-bond donors (Lipinski definition) is 0. The van der Waals surface area contributed by atoms with Gasteiger partial charge in [0.2, 0.25) is 0 Å². The lowest BCUT2D eigenvalue weighted by molar-refractivity contribution is 0.580. The Balaban J connectivity index is 3.00. The van der Waals surface area contributed by atoms with E-state index in [0.29, 0.717) is 6.42 Å². The van der Waals surface area contributed by atoms with Crippen molar-refractivity contribution >= 4 is 6.21 Å². The van der Waals surface area contributed by atoms with Crippen LogP contribution >= 0.6 is 0 Å². The van der Waals surface area contributed by atoms with Crippen LogP contribution in [0.3, 0.4) is 0 Å². The van der Waals surface area contributed by atoms with Gasteiger partial charge >= 0.3 is 0 Å². The zero-order valence-electron chi connectivity index (χ0n) is 11.5. The first-order valence-corrected chi connectivity index (χ1v) is 7.27. The fourth-order valence-electron chi connectivity index (χ4n) is 1.80. The molecule has 0 aromatic carbocycles. The highest BCUT2D eigenvalue weighted by Crippen LogP contribution is 2.08. The summed E-state index contributed by atoms with van der Waals surface area (Å²) in [5.74, 6) is 0. The quantitative estimate of drug-likeness (QED) is 0.351. The SMILES string of the molecule is CCCCCCCCCCC=NCCCC#N. The molecule has 0 aliphatic heterocycles. The molecule has 0 rings (SSSR count). The van der Waals surface area contributed by atoms with Crippen LogP contribution in [-0.4, -0.2) is 12.8 Å². The largest absolute Gasteiger partial charge is 0.297 e. The van der Waals surface area contributed by atoms with E-state index in [4.69, 9.17) is 5.26 Å². The average Bonchev–Trinajstić information content (AvgIpc) is 2.35. The molecule has 0 aromatic rings. The van der Waals surface area contributed by atoms with Crippen LogP contribution in [0.2, 0.25) is 0 Å². The van der Waals surface area contributed by atoms with E-state index in [-0.39, 0.29) is 0 Å². The molecule has 0 heterocycles. The fourth-order valence-corrected chi connectivity index (χ4v) is 1.80. The monoisotopic (exact) mass is 236 g/mol. The molecule has 0 N–H and O–H groups in total. The maximum atomic E-state index is 8.34. The maximum absolute atomic E-state index is 8.34. The minimum absolute atomic E-state index is 0.634. The highest BCUT2D eigenvalue weighted by atomic mass is 14.7. The van der Waals surface area contributed by atoms with Crippen LogP contribution in [0.1, 0.15) is 77.6 Å². The predicted molar refractivity (Wildman–Crippen MR) is 75.4 cm³/mol. The Morgan fingerprint density at radius 3 is 2.24 bits per heavy atom. The van der Waals surface area contributed by atoms with Crippen molar-refractivity contribution in [2.24, 2.45) is 4.99 Å². The normalized spacial score (nSPS) is 10.8. The molecule has 0 aliphatic rings. The van der Waals surface area contributed by atoms with Gasteiger partial charge in [-0.3, -0.25) is 4.99 Å². The lowest BCUT2D eigenvalue weighted by Crippen LogP contribution is -1.84. The zero-order chi connectivity index (χ0) is 12.6. The fraction of sp³-hybridized carbons (Fsp3) is 0.867. The summed E-state index contributed by atoms with van der Waals surface area (Å²) in [6.07, 6.45) is 15.7. The van der Waals surface area contributed by atoms with Crippen LogP contribution in [-0.2, 0) is 0 Å². The lowest BCUT2D eigenvalue weighted by atomic mass is 10.1. The molecule has 0 atom stereocenters. The van der Waals surface area contributed by atoms with Gasteiger partial charge in [0.05, 0.1) is 6.07 Å². The second kappa shape index (κ2) is 15.2. The Labute approximate surface area is 107 Å². The highest BCUT2D eigenvalue weighted by molar-refractivity contribution is 5.56. The summed E-state index contributed by atoms with van der Waals surface area (Å²) < 4.78 is 0. The molecular formula is C15H28N2. The summed E-state index contributed by atoms with van der Waals surface area (Å²) >= 11 is 0. The summed E-state index contributed by atoms with van der Waals surface area (Å²) in [6.45, 7) is 3.08. The summed E-state index contributed by atoms with van der Waals surface area (Å²) in [6, 6.07) is 2.13. The van der Waals surface area contributed by atoms with Crippen molar-refractivity contribution in [2.45, 2.75) is 77.6 Å². The third kappa shape index (κ3) is 15.2. The van der Waals surface area contributed by atoms with Gasteiger partial charge < -0.3 is 0 Å². The first-order valence-electron chi connectivity index (χ1n) is 7.27. The van der Waals surface area contributed by atoms with Gasteiger partial charge in [0.25, 0.3) is 0 Å². The molecule has 0 unspecified atom stereocenters. The van der Waals surface area contributed by atoms with Gasteiger partial charge in [-0.1, -0.05) is 51.9 Å². The molecule has 0 aliphatic carbocycles. The molecule has 0 radical (unpaired) electrons. The van der Waals surface area contributed by atoms with E-state index in [1.54, 1.807) is 0 Å². The second-order valence-electron chi connectivity index (χ2n) is 4.61. The van der Waals surface area contributed by atoms with Gasteiger partial charge in [-0.05, 0) is 25.5 Å². The molecule has 0 fully saturated rings. The van der Waals surface area contributed by atoms with E-state index in [2.05, 4.69) is 18.0 Å². The van der Waals surface area contributed by atoms with Crippen molar-refractivity contribution in [3.63, 3.8) is 0 Å². The summed E-state index contributed by atoms with van der Waals surface area (Å²) in [4.78, 5) is 4.29. The van der Waals surface area contributed by atoms with E-state index in [1.165, 1.54) is 51.4 Å². The second-order valence-corrected chi connectivity index (χ2v) is 4.61. The Morgan fingerprint density at radius 2 is 1.59 bits per heavy atom. The molecule has 0 saturated heterocycles. The standard InChI is InChI=1S/C15H28N2/c1-2-3-4-5-6-7-8-9-11-14-17-15-12-10-13-16/h14H,2-12,15H2,1H3. The minimum Gasteiger partial charge on any atom is -0.297 e. The van der Waals surface area contributed by atoms with Crippen molar-refractivity contribution in [3.8, 4) is 6.07 Å². The van der Waals surface area contributed by atoms with Crippen molar-refractivity contribution in [1.82, 2.24) is 0 Å². The zero-order valence-corrected chi connectivity index (χ0v) is 11.5. The van der Waals surface area contributed by atoms with Crippen LogP contribution in [0.25, 0.3) is 0 Å². The number of unbranched alkanes of at least 4 members (excludes halogenated alkanes) is 9. The van der Waals surface area contributed by atoms with E-state index in [1.807, 2.05) is 6.21 Å². The summed E-state index contributed by atoms with van der Waals surface area (Å²) in [5.41, 5.74) is 0. The first-order chi connectivity index (χ1) is 8.41. The van der Waals surface area contributed by atoms with E-state index < -0.39 is 0 Å². The molecule has 0 spiro atoms. The first kappa shape index (κ1) is 16.2. The summed E-state index contributed by atoms with van der Waals surface area (Å²) in [7, 11) is 0. The van der Waals surface area contributed by atoms with E-state index >= 15 is 0 Å². The van der Waals surface area contributed by atoms with Crippen LogP contribution in [0, 0.1) is 11.3 Å². The van der Waals surface area contributed by atoms with Crippen LogP contribution in [0.4, 0.5) is 0 Å². The Kier molecular flexibility index (Phi) is 14.4. The predicted octanol–water partition coefficient (Wildman–Crippen LogP) is 4.89. The van der Waals surface area contributed by atoms with E-state index in [9.17, 15) is 0 Å². The number of nitriles is 1. The number of hydrogen-bond acceptors (Lipinski definition) is 2. The van der Waals surface area contributed by atoms with Crippen LogP contribution in [0.15, 0.2) is 4.99 Å². The number of rotatable bonds is 12. The minimum atomic E-state index is 0.634. The Hall–Kier alpha value is -0.840. The van der Waals surface area contributed by atoms with Gasteiger partial charge in [0, 0.05) is 13.0 Å². The number of nitrogens with zero attached hydrogens (tertiary/aromatic N) is 2. The molecule has 0 saturated carbocycles. The Morgan fingerprint density at radius 1 is 0.941 bits per heavy atom. The smallest absolute Gasteiger partial charge is 0.0622 e. The van der Waals surface area contributed by atoms with Crippen molar-refractivity contribution in [3.05, 3.63) is 0 Å². The third-order valence-corrected chi connectivity index (χ3v) is 2.89. The molecule has 0 amide bonds. The molecule has 2 nitrogen and oxygen atoms in total. The Bertz CT molecular complexity index is 203. The summed E-state index contributed by atoms with van der Waals surface area (Å²) in [5, 5.41) is 8.34. The maximum Gasteiger partial charge on any atom is 0.0622 e. The van der Waals surface area contributed by atoms with Crippen molar-refractivity contribution in [2.75, 3.05) is 6.54 Å². The highest BCUT2D eigenvalue weighted by Gasteiger charge is 1.90. The molecular weight excluding hydrogens is 208 g/mol. The van der Waals surface area contributed by atoms with Gasteiger partial charge in [-0.15, -0.1) is 0 Å². The van der Waals surface area contributed by atoms with Crippen LogP contribution < -0.4 is 0 Å². The molecule has 98 valence electrons. The third-order valence-electron chi connectivity index (χ3n) is 2.89.